The number of amides is 1. The molecule has 0 bridgehead atoms. The van der Waals surface area contributed by atoms with Gasteiger partial charge in [0, 0.05) is 29.2 Å². The Morgan fingerprint density at radius 3 is 2.47 bits per heavy atom. The number of fused-ring (bicyclic) bond motifs is 1. The molecule has 0 aliphatic carbocycles. The van der Waals surface area contributed by atoms with Crippen molar-refractivity contribution in [2.75, 3.05) is 31.7 Å². The molecule has 1 aromatic heterocycles. The Bertz CT molecular complexity index is 1140. The summed E-state index contributed by atoms with van der Waals surface area (Å²) in [5, 5.41) is 2.99. The number of hydrogen-bond donors (Lipinski definition) is 1. The van der Waals surface area contributed by atoms with E-state index in [9.17, 15) is 4.79 Å². The van der Waals surface area contributed by atoms with Crippen LogP contribution in [0.2, 0.25) is 0 Å². The van der Waals surface area contributed by atoms with Gasteiger partial charge >= 0.3 is 0 Å². The molecule has 0 saturated carbocycles. The number of ether oxygens (including phenoxy) is 4. The first kappa shape index (κ1) is 21.6. The zero-order valence-corrected chi connectivity index (χ0v) is 18.9. The maximum atomic E-state index is 13.2. The molecule has 7 nitrogen and oxygen atoms in total. The Hall–Kier alpha value is -3.61. The van der Waals surface area contributed by atoms with E-state index in [4.69, 9.17) is 18.9 Å². The van der Waals surface area contributed by atoms with Gasteiger partial charge in [-0.15, -0.1) is 0 Å². The minimum absolute atomic E-state index is 0.212. The Morgan fingerprint density at radius 2 is 1.72 bits per heavy atom. The first-order chi connectivity index (χ1) is 15.5. The molecule has 2 aromatic carbocycles. The predicted octanol–water partition coefficient (Wildman–Crippen LogP) is 4.92. The van der Waals surface area contributed by atoms with Crippen molar-refractivity contribution in [3.63, 3.8) is 0 Å². The van der Waals surface area contributed by atoms with Gasteiger partial charge < -0.3 is 28.8 Å². The maximum absolute atomic E-state index is 13.2. The van der Waals surface area contributed by atoms with Crippen molar-refractivity contribution >= 4 is 11.6 Å². The zero-order valence-electron chi connectivity index (χ0n) is 18.9. The van der Waals surface area contributed by atoms with Crippen LogP contribution in [0.5, 0.6) is 23.0 Å². The summed E-state index contributed by atoms with van der Waals surface area (Å²) in [6, 6.07) is 13.1. The monoisotopic (exact) mass is 436 g/mol. The Kier molecular flexibility index (Phi) is 6.25. The summed E-state index contributed by atoms with van der Waals surface area (Å²) < 4.78 is 24.7. The van der Waals surface area contributed by atoms with Crippen LogP contribution in [0.25, 0.3) is 5.69 Å². The lowest BCUT2D eigenvalue weighted by Crippen LogP contribution is -2.16. The van der Waals surface area contributed by atoms with Crippen LogP contribution in [0.3, 0.4) is 0 Å². The summed E-state index contributed by atoms with van der Waals surface area (Å²) in [5.41, 5.74) is 3.85. The molecule has 2 heterocycles. The Labute approximate surface area is 187 Å². The topological polar surface area (TPSA) is 71.0 Å². The van der Waals surface area contributed by atoms with Gasteiger partial charge in [-0.2, -0.15) is 0 Å². The highest BCUT2D eigenvalue weighted by Crippen LogP contribution is 2.34. The van der Waals surface area contributed by atoms with Gasteiger partial charge in [0.2, 0.25) is 0 Å². The van der Waals surface area contributed by atoms with Crippen LogP contribution in [0.4, 0.5) is 5.69 Å². The molecule has 0 saturated heterocycles. The number of carbonyl (C=O) groups excluding carboxylic acids is 1. The third-order valence-corrected chi connectivity index (χ3v) is 5.27. The number of hydrogen-bond acceptors (Lipinski definition) is 5. The Morgan fingerprint density at radius 1 is 0.969 bits per heavy atom. The van der Waals surface area contributed by atoms with E-state index in [1.807, 2.05) is 68.7 Å². The van der Waals surface area contributed by atoms with E-state index in [1.165, 1.54) is 0 Å². The summed E-state index contributed by atoms with van der Waals surface area (Å²) in [6.07, 6.45) is 0. The second-order valence-electron chi connectivity index (χ2n) is 7.43. The molecule has 0 spiro atoms. The number of aryl methyl sites for hydroxylation is 1. The van der Waals surface area contributed by atoms with Gasteiger partial charge in [-0.3, -0.25) is 4.79 Å². The first-order valence-corrected chi connectivity index (χ1v) is 10.8. The van der Waals surface area contributed by atoms with Gasteiger partial charge in [-0.1, -0.05) is 0 Å². The number of carbonyl (C=O) groups is 1. The van der Waals surface area contributed by atoms with E-state index < -0.39 is 0 Å². The smallest absolute Gasteiger partial charge is 0.257 e. The molecule has 3 aromatic rings. The molecule has 1 aliphatic rings. The molecule has 0 radical (unpaired) electrons. The van der Waals surface area contributed by atoms with Gasteiger partial charge in [0.25, 0.3) is 5.91 Å². The molecule has 168 valence electrons. The fraction of sp³-hybridized carbons (Fsp3) is 0.320. The predicted molar refractivity (Wildman–Crippen MR) is 123 cm³/mol. The van der Waals surface area contributed by atoms with Crippen LogP contribution in [0.1, 0.15) is 35.6 Å². The third kappa shape index (κ3) is 4.23. The molecular weight excluding hydrogens is 408 g/mol. The summed E-state index contributed by atoms with van der Waals surface area (Å²) in [7, 11) is 0. The van der Waals surface area contributed by atoms with E-state index in [2.05, 4.69) is 5.32 Å². The van der Waals surface area contributed by atoms with Gasteiger partial charge in [-0.05, 0) is 58.0 Å². The second kappa shape index (κ2) is 9.26. The molecule has 0 atom stereocenters. The van der Waals surface area contributed by atoms with Gasteiger partial charge in [-0.25, -0.2) is 0 Å². The number of benzene rings is 2. The molecule has 1 aliphatic heterocycles. The molecule has 0 fully saturated rings. The molecular formula is C25H28N2O5. The third-order valence-electron chi connectivity index (χ3n) is 5.27. The first-order valence-electron chi connectivity index (χ1n) is 10.8. The summed E-state index contributed by atoms with van der Waals surface area (Å²) in [6.45, 7) is 9.84. The van der Waals surface area contributed by atoms with Crippen molar-refractivity contribution in [2.24, 2.45) is 0 Å². The van der Waals surface area contributed by atoms with E-state index in [-0.39, 0.29) is 5.91 Å². The normalized spacial score (nSPS) is 12.4. The standard InChI is InChI=1S/C25H28N2O5/c1-5-29-19-8-10-22(30-6-2)21(15-19)26-25(28)20-13-16(3)27(17(20)4)18-7-9-23-24(14-18)32-12-11-31-23/h7-10,13-15H,5-6,11-12H2,1-4H3,(H,26,28). The number of aromatic nitrogens is 1. The fourth-order valence-electron chi connectivity index (χ4n) is 3.90. The van der Waals surface area contributed by atoms with Crippen molar-refractivity contribution in [2.45, 2.75) is 27.7 Å². The summed E-state index contributed by atoms with van der Waals surface area (Å²) in [4.78, 5) is 13.2. The SMILES string of the molecule is CCOc1ccc(OCC)c(NC(=O)c2cc(C)n(-c3ccc4c(c3)OCCO4)c2C)c1. The maximum Gasteiger partial charge on any atom is 0.257 e. The van der Waals surface area contributed by atoms with Crippen molar-refractivity contribution in [3.8, 4) is 28.7 Å². The highest BCUT2D eigenvalue weighted by Gasteiger charge is 2.20. The van der Waals surface area contributed by atoms with Crippen LogP contribution in [-0.4, -0.2) is 36.9 Å². The lowest BCUT2D eigenvalue weighted by atomic mass is 10.2. The molecule has 1 amide bonds. The molecule has 32 heavy (non-hydrogen) atoms. The number of nitrogens with zero attached hydrogens (tertiary/aromatic N) is 1. The van der Waals surface area contributed by atoms with Crippen molar-refractivity contribution < 1.29 is 23.7 Å². The van der Waals surface area contributed by atoms with Crippen molar-refractivity contribution in [1.29, 1.82) is 0 Å². The lowest BCUT2D eigenvalue weighted by Gasteiger charge is -2.20. The molecule has 7 heteroatoms. The second-order valence-corrected chi connectivity index (χ2v) is 7.43. The van der Waals surface area contributed by atoms with Crippen LogP contribution < -0.4 is 24.3 Å². The molecule has 4 rings (SSSR count). The fourth-order valence-corrected chi connectivity index (χ4v) is 3.90. The number of rotatable bonds is 7. The minimum atomic E-state index is -0.212. The molecule has 0 unspecified atom stereocenters. The zero-order chi connectivity index (χ0) is 22.7. The average Bonchev–Trinajstić information content (AvgIpc) is 3.09. The largest absolute Gasteiger partial charge is 0.494 e. The van der Waals surface area contributed by atoms with E-state index >= 15 is 0 Å². The number of anilines is 1. The van der Waals surface area contributed by atoms with Crippen molar-refractivity contribution in [3.05, 3.63) is 59.4 Å². The number of nitrogens with one attached hydrogen (secondary N) is 1. The van der Waals surface area contributed by atoms with E-state index in [0.29, 0.717) is 54.9 Å². The summed E-state index contributed by atoms with van der Waals surface area (Å²) >= 11 is 0. The van der Waals surface area contributed by atoms with Gasteiger partial charge in [0.1, 0.15) is 24.7 Å². The van der Waals surface area contributed by atoms with E-state index in [0.717, 1.165) is 22.8 Å². The minimum Gasteiger partial charge on any atom is -0.494 e. The van der Waals surface area contributed by atoms with Crippen molar-refractivity contribution in [1.82, 2.24) is 4.57 Å². The Balaban J connectivity index is 1.64. The average molecular weight is 437 g/mol. The highest BCUT2D eigenvalue weighted by atomic mass is 16.6. The summed E-state index contributed by atoms with van der Waals surface area (Å²) in [5.74, 6) is 2.51. The van der Waals surface area contributed by atoms with Crippen LogP contribution in [0, 0.1) is 13.8 Å². The van der Waals surface area contributed by atoms with Crippen LogP contribution in [-0.2, 0) is 0 Å². The van der Waals surface area contributed by atoms with Crippen LogP contribution >= 0.6 is 0 Å². The van der Waals surface area contributed by atoms with Gasteiger partial charge in [0.05, 0.1) is 24.5 Å². The van der Waals surface area contributed by atoms with E-state index in [1.54, 1.807) is 6.07 Å². The van der Waals surface area contributed by atoms with Gasteiger partial charge in [0.15, 0.2) is 11.5 Å². The highest BCUT2D eigenvalue weighted by molar-refractivity contribution is 6.06. The quantitative estimate of drug-likeness (QED) is 0.570. The van der Waals surface area contributed by atoms with Crippen LogP contribution in [0.15, 0.2) is 42.5 Å². The molecule has 1 N–H and O–H groups in total. The lowest BCUT2D eigenvalue weighted by molar-refractivity contribution is 0.102.